The van der Waals surface area contributed by atoms with Gasteiger partial charge in [-0.2, -0.15) is 0 Å². The quantitative estimate of drug-likeness (QED) is 0.867. The van der Waals surface area contributed by atoms with Crippen molar-refractivity contribution in [3.05, 3.63) is 33.8 Å². The summed E-state index contributed by atoms with van der Waals surface area (Å²) >= 11 is 3.25. The van der Waals surface area contributed by atoms with E-state index < -0.39 is 5.97 Å². The summed E-state index contributed by atoms with van der Waals surface area (Å²) in [7, 11) is 1.85. The fourth-order valence-electron chi connectivity index (χ4n) is 1.23. The lowest BCUT2D eigenvalue weighted by atomic mass is 10.0. The van der Waals surface area contributed by atoms with Gasteiger partial charge in [-0.15, -0.1) is 0 Å². The van der Waals surface area contributed by atoms with E-state index in [1.807, 2.05) is 19.2 Å². The predicted molar refractivity (Wildman–Crippen MR) is 58.7 cm³/mol. The van der Waals surface area contributed by atoms with Crippen LogP contribution < -0.4 is 5.32 Å². The van der Waals surface area contributed by atoms with Gasteiger partial charge in [0.15, 0.2) is 0 Å². The van der Waals surface area contributed by atoms with Gasteiger partial charge in [-0.05, 0) is 37.7 Å². The molecule has 4 heteroatoms. The second-order valence-electron chi connectivity index (χ2n) is 2.96. The van der Waals surface area contributed by atoms with E-state index in [-0.39, 0.29) is 0 Å². The Morgan fingerprint density at radius 1 is 1.57 bits per heavy atom. The Bertz CT molecular complexity index is 339. The normalized spacial score (nSPS) is 10.1. The Balaban J connectivity index is 2.96. The molecule has 1 rings (SSSR count). The van der Waals surface area contributed by atoms with E-state index in [1.54, 1.807) is 6.07 Å². The molecule has 0 atom stereocenters. The van der Waals surface area contributed by atoms with Crippen LogP contribution in [0.4, 0.5) is 0 Å². The average Bonchev–Trinajstić information content (AvgIpc) is 2.15. The van der Waals surface area contributed by atoms with Crippen molar-refractivity contribution in [3.8, 4) is 0 Å². The summed E-state index contributed by atoms with van der Waals surface area (Å²) in [5.41, 5.74) is 1.23. The molecule has 0 amide bonds. The SMILES string of the molecule is CNCCc1ccc(Br)cc1C(=O)O. The molecular weight excluding hydrogens is 246 g/mol. The summed E-state index contributed by atoms with van der Waals surface area (Å²) in [6, 6.07) is 5.33. The first-order chi connectivity index (χ1) is 6.65. The third-order valence-electron chi connectivity index (χ3n) is 1.95. The summed E-state index contributed by atoms with van der Waals surface area (Å²) < 4.78 is 0.795. The summed E-state index contributed by atoms with van der Waals surface area (Å²) in [4.78, 5) is 10.9. The number of carboxylic acid groups (broad SMARTS) is 1. The number of carboxylic acids is 1. The monoisotopic (exact) mass is 257 g/mol. The van der Waals surface area contributed by atoms with Crippen molar-refractivity contribution in [3.63, 3.8) is 0 Å². The lowest BCUT2D eigenvalue weighted by molar-refractivity contribution is 0.0695. The van der Waals surface area contributed by atoms with E-state index in [0.29, 0.717) is 5.56 Å². The van der Waals surface area contributed by atoms with Gasteiger partial charge in [0.05, 0.1) is 5.56 Å². The van der Waals surface area contributed by atoms with Crippen LogP contribution in [0.3, 0.4) is 0 Å². The van der Waals surface area contributed by atoms with Crippen LogP contribution >= 0.6 is 15.9 Å². The number of nitrogens with one attached hydrogen (secondary N) is 1. The largest absolute Gasteiger partial charge is 0.478 e. The topological polar surface area (TPSA) is 49.3 Å². The van der Waals surface area contributed by atoms with Crippen LogP contribution in [0.1, 0.15) is 15.9 Å². The first-order valence-electron chi connectivity index (χ1n) is 4.31. The number of likely N-dealkylation sites (N-methyl/N-ethyl adjacent to an activating group) is 1. The second-order valence-corrected chi connectivity index (χ2v) is 3.88. The van der Waals surface area contributed by atoms with Gasteiger partial charge in [0.2, 0.25) is 0 Å². The Morgan fingerprint density at radius 3 is 2.86 bits per heavy atom. The number of hydrogen-bond donors (Lipinski definition) is 2. The van der Waals surface area contributed by atoms with E-state index in [1.165, 1.54) is 0 Å². The Kier molecular flexibility index (Phi) is 4.10. The van der Waals surface area contributed by atoms with Gasteiger partial charge in [-0.1, -0.05) is 22.0 Å². The van der Waals surface area contributed by atoms with Crippen LogP contribution in [-0.4, -0.2) is 24.7 Å². The Morgan fingerprint density at radius 2 is 2.29 bits per heavy atom. The minimum atomic E-state index is -0.877. The zero-order chi connectivity index (χ0) is 10.6. The van der Waals surface area contributed by atoms with Crippen LogP contribution in [0.25, 0.3) is 0 Å². The van der Waals surface area contributed by atoms with Crippen molar-refractivity contribution >= 4 is 21.9 Å². The minimum Gasteiger partial charge on any atom is -0.478 e. The number of aromatic carboxylic acids is 1. The van der Waals surface area contributed by atoms with Crippen LogP contribution in [0, 0.1) is 0 Å². The highest BCUT2D eigenvalue weighted by atomic mass is 79.9. The zero-order valence-electron chi connectivity index (χ0n) is 7.88. The standard InChI is InChI=1S/C10H12BrNO2/c1-12-5-4-7-2-3-8(11)6-9(7)10(13)14/h2-3,6,12H,4-5H2,1H3,(H,13,14). The summed E-state index contributed by atoms with van der Waals surface area (Å²) in [5.74, 6) is -0.877. The van der Waals surface area contributed by atoms with Gasteiger partial charge in [0.1, 0.15) is 0 Å². The summed E-state index contributed by atoms with van der Waals surface area (Å²) in [5, 5.41) is 11.9. The van der Waals surface area contributed by atoms with Crippen molar-refractivity contribution in [1.82, 2.24) is 5.32 Å². The van der Waals surface area contributed by atoms with Crippen LogP contribution in [-0.2, 0) is 6.42 Å². The maximum Gasteiger partial charge on any atom is 0.336 e. The molecule has 0 aliphatic rings. The van der Waals surface area contributed by atoms with Crippen molar-refractivity contribution in [2.24, 2.45) is 0 Å². The molecule has 76 valence electrons. The molecule has 0 unspecified atom stereocenters. The second kappa shape index (κ2) is 5.12. The molecule has 2 N–H and O–H groups in total. The van der Waals surface area contributed by atoms with E-state index in [0.717, 1.165) is 23.0 Å². The molecular formula is C10H12BrNO2. The fraction of sp³-hybridized carbons (Fsp3) is 0.300. The molecule has 0 spiro atoms. The number of benzene rings is 1. The first kappa shape index (κ1) is 11.2. The van der Waals surface area contributed by atoms with Crippen LogP contribution in [0.5, 0.6) is 0 Å². The molecule has 0 radical (unpaired) electrons. The van der Waals surface area contributed by atoms with Gasteiger partial charge >= 0.3 is 5.97 Å². The molecule has 0 saturated heterocycles. The molecule has 0 aromatic heterocycles. The molecule has 0 fully saturated rings. The van der Waals surface area contributed by atoms with E-state index in [2.05, 4.69) is 21.2 Å². The maximum absolute atomic E-state index is 10.9. The summed E-state index contributed by atoms with van der Waals surface area (Å²) in [6.07, 6.45) is 0.728. The molecule has 0 aliphatic carbocycles. The van der Waals surface area contributed by atoms with Gasteiger partial charge in [0, 0.05) is 4.47 Å². The third-order valence-corrected chi connectivity index (χ3v) is 2.44. The lowest BCUT2D eigenvalue weighted by Crippen LogP contribution is -2.13. The zero-order valence-corrected chi connectivity index (χ0v) is 9.47. The maximum atomic E-state index is 10.9. The van der Waals surface area contributed by atoms with Gasteiger partial charge in [-0.3, -0.25) is 0 Å². The van der Waals surface area contributed by atoms with Crippen LogP contribution in [0.2, 0.25) is 0 Å². The number of hydrogen-bond acceptors (Lipinski definition) is 2. The molecule has 0 saturated carbocycles. The molecule has 3 nitrogen and oxygen atoms in total. The van der Waals surface area contributed by atoms with Gasteiger partial charge in [0.25, 0.3) is 0 Å². The van der Waals surface area contributed by atoms with Gasteiger partial charge in [-0.25, -0.2) is 4.79 Å². The number of carbonyl (C=O) groups is 1. The van der Waals surface area contributed by atoms with Crippen LogP contribution in [0.15, 0.2) is 22.7 Å². The highest BCUT2D eigenvalue weighted by Gasteiger charge is 2.09. The number of halogens is 1. The molecule has 14 heavy (non-hydrogen) atoms. The Hall–Kier alpha value is -0.870. The summed E-state index contributed by atoms with van der Waals surface area (Å²) in [6.45, 7) is 0.780. The molecule has 0 heterocycles. The number of rotatable bonds is 4. The molecule has 1 aromatic carbocycles. The highest BCUT2D eigenvalue weighted by molar-refractivity contribution is 9.10. The molecule has 0 aliphatic heterocycles. The molecule has 1 aromatic rings. The van der Waals surface area contributed by atoms with Crippen molar-refractivity contribution in [1.29, 1.82) is 0 Å². The fourth-order valence-corrected chi connectivity index (χ4v) is 1.59. The van der Waals surface area contributed by atoms with E-state index in [4.69, 9.17) is 5.11 Å². The van der Waals surface area contributed by atoms with E-state index in [9.17, 15) is 4.79 Å². The average molecular weight is 258 g/mol. The van der Waals surface area contributed by atoms with E-state index >= 15 is 0 Å². The van der Waals surface area contributed by atoms with Crippen molar-refractivity contribution < 1.29 is 9.90 Å². The van der Waals surface area contributed by atoms with Gasteiger partial charge < -0.3 is 10.4 Å². The van der Waals surface area contributed by atoms with Crippen molar-refractivity contribution in [2.45, 2.75) is 6.42 Å². The lowest BCUT2D eigenvalue weighted by Gasteiger charge is -2.05. The molecule has 0 bridgehead atoms. The third kappa shape index (κ3) is 2.82. The Labute approximate surface area is 91.3 Å². The minimum absolute atomic E-state index is 0.370. The first-order valence-corrected chi connectivity index (χ1v) is 5.10. The van der Waals surface area contributed by atoms with Crippen molar-refractivity contribution in [2.75, 3.05) is 13.6 Å². The smallest absolute Gasteiger partial charge is 0.336 e. The predicted octanol–water partition coefficient (Wildman–Crippen LogP) is 1.91. The highest BCUT2D eigenvalue weighted by Crippen LogP contribution is 2.17.